The summed E-state index contributed by atoms with van der Waals surface area (Å²) in [5.41, 5.74) is 8.06. The maximum absolute atomic E-state index is 12.5. The molecule has 106 valence electrons. The van der Waals surface area contributed by atoms with Gasteiger partial charge in [0.25, 0.3) is 5.91 Å². The van der Waals surface area contributed by atoms with Crippen LogP contribution in [0.15, 0.2) is 18.2 Å². The molecule has 2 N–H and O–H groups in total. The van der Waals surface area contributed by atoms with Crippen LogP contribution >= 0.6 is 0 Å². The van der Waals surface area contributed by atoms with Crippen LogP contribution in [0.1, 0.15) is 41.3 Å². The van der Waals surface area contributed by atoms with E-state index in [1.807, 2.05) is 30.0 Å². The average Bonchev–Trinajstić information content (AvgIpc) is 2.92. The van der Waals surface area contributed by atoms with Crippen LogP contribution in [0, 0.1) is 24.7 Å². The Labute approximate surface area is 121 Å². The average molecular weight is 270 g/mol. The number of rotatable bonds is 2. The van der Waals surface area contributed by atoms with Gasteiger partial charge in [-0.05, 0) is 43.0 Å². The molecule has 1 aromatic rings. The van der Waals surface area contributed by atoms with Gasteiger partial charge in [0, 0.05) is 24.2 Å². The van der Waals surface area contributed by atoms with Crippen molar-refractivity contribution in [2.45, 2.75) is 26.7 Å². The van der Waals surface area contributed by atoms with Crippen molar-refractivity contribution in [3.63, 3.8) is 0 Å². The van der Waals surface area contributed by atoms with Crippen LogP contribution < -0.4 is 5.73 Å². The lowest BCUT2D eigenvalue weighted by atomic mass is 10.1. The first kappa shape index (κ1) is 14.6. The first-order chi connectivity index (χ1) is 9.63. The fourth-order valence-corrected chi connectivity index (χ4v) is 2.66. The Morgan fingerprint density at radius 1 is 1.45 bits per heavy atom. The zero-order valence-electron chi connectivity index (χ0n) is 12.3. The number of hydrogen-bond donors (Lipinski definition) is 1. The number of nitrogens with zero attached hydrogens (tertiary/aromatic N) is 1. The maximum atomic E-state index is 12.5. The predicted octanol–water partition coefficient (Wildman–Crippen LogP) is 2.18. The van der Waals surface area contributed by atoms with Crippen molar-refractivity contribution in [2.75, 3.05) is 19.6 Å². The Hall–Kier alpha value is -1.79. The molecule has 0 bridgehead atoms. The molecule has 1 atom stereocenters. The van der Waals surface area contributed by atoms with E-state index in [9.17, 15) is 4.79 Å². The van der Waals surface area contributed by atoms with Crippen molar-refractivity contribution in [1.82, 2.24) is 4.90 Å². The molecule has 1 aromatic carbocycles. The van der Waals surface area contributed by atoms with Crippen molar-refractivity contribution < 1.29 is 4.79 Å². The number of aryl methyl sites for hydroxylation is 1. The molecule has 0 spiro atoms. The summed E-state index contributed by atoms with van der Waals surface area (Å²) in [5, 5.41) is 0. The summed E-state index contributed by atoms with van der Waals surface area (Å²) >= 11 is 0. The van der Waals surface area contributed by atoms with Gasteiger partial charge >= 0.3 is 0 Å². The van der Waals surface area contributed by atoms with E-state index >= 15 is 0 Å². The summed E-state index contributed by atoms with van der Waals surface area (Å²) in [4.78, 5) is 14.5. The lowest BCUT2D eigenvalue weighted by Crippen LogP contribution is -2.28. The van der Waals surface area contributed by atoms with E-state index in [2.05, 4.69) is 18.8 Å². The molecular formula is C17H22N2O. The Morgan fingerprint density at radius 2 is 2.25 bits per heavy atom. The molecule has 1 aliphatic rings. The minimum atomic E-state index is 0.125. The third-order valence-electron chi connectivity index (χ3n) is 3.81. The molecule has 1 amide bonds. The molecule has 1 saturated heterocycles. The van der Waals surface area contributed by atoms with Crippen molar-refractivity contribution in [2.24, 2.45) is 11.7 Å². The highest BCUT2D eigenvalue weighted by Gasteiger charge is 2.25. The molecule has 0 saturated carbocycles. The summed E-state index contributed by atoms with van der Waals surface area (Å²) < 4.78 is 0. The van der Waals surface area contributed by atoms with Gasteiger partial charge in [-0.1, -0.05) is 25.2 Å². The summed E-state index contributed by atoms with van der Waals surface area (Å²) in [5.74, 6) is 6.62. The first-order valence-electron chi connectivity index (χ1n) is 7.24. The van der Waals surface area contributed by atoms with Gasteiger partial charge in [-0.2, -0.15) is 0 Å². The highest BCUT2D eigenvalue weighted by atomic mass is 16.2. The third-order valence-corrected chi connectivity index (χ3v) is 3.81. The maximum Gasteiger partial charge on any atom is 0.253 e. The monoisotopic (exact) mass is 270 g/mol. The van der Waals surface area contributed by atoms with Crippen LogP contribution in [0.3, 0.4) is 0 Å². The molecule has 0 radical (unpaired) electrons. The van der Waals surface area contributed by atoms with E-state index < -0.39 is 0 Å². The van der Waals surface area contributed by atoms with Crippen LogP contribution in [-0.4, -0.2) is 30.4 Å². The summed E-state index contributed by atoms with van der Waals surface area (Å²) in [6, 6.07) is 5.80. The Bertz CT molecular complexity index is 554. The smallest absolute Gasteiger partial charge is 0.253 e. The third kappa shape index (κ3) is 3.40. The molecule has 20 heavy (non-hydrogen) atoms. The van der Waals surface area contributed by atoms with E-state index in [-0.39, 0.29) is 5.91 Å². The molecular weight excluding hydrogens is 248 g/mol. The molecule has 1 unspecified atom stereocenters. The van der Waals surface area contributed by atoms with Gasteiger partial charge in [0.15, 0.2) is 0 Å². The highest BCUT2D eigenvalue weighted by molar-refractivity contribution is 5.95. The van der Waals surface area contributed by atoms with Gasteiger partial charge in [0.05, 0.1) is 6.54 Å². The van der Waals surface area contributed by atoms with E-state index in [1.165, 1.54) is 0 Å². The lowest BCUT2D eigenvalue weighted by Gasteiger charge is -2.17. The lowest BCUT2D eigenvalue weighted by molar-refractivity contribution is 0.0787. The van der Waals surface area contributed by atoms with E-state index in [1.54, 1.807) is 0 Å². The van der Waals surface area contributed by atoms with Crippen LogP contribution in [0.25, 0.3) is 0 Å². The second-order valence-corrected chi connectivity index (χ2v) is 5.41. The Balaban J connectivity index is 2.19. The van der Waals surface area contributed by atoms with Gasteiger partial charge in [0.2, 0.25) is 0 Å². The summed E-state index contributed by atoms with van der Waals surface area (Å²) in [7, 11) is 0. The fourth-order valence-electron chi connectivity index (χ4n) is 2.66. The van der Waals surface area contributed by atoms with Gasteiger partial charge in [0.1, 0.15) is 0 Å². The van der Waals surface area contributed by atoms with E-state index in [0.717, 1.165) is 42.6 Å². The van der Waals surface area contributed by atoms with Crippen LogP contribution in [0.2, 0.25) is 0 Å². The quantitative estimate of drug-likeness (QED) is 0.837. The largest absolute Gasteiger partial charge is 0.338 e. The van der Waals surface area contributed by atoms with E-state index in [0.29, 0.717) is 12.5 Å². The van der Waals surface area contributed by atoms with Gasteiger partial charge in [-0.15, -0.1) is 0 Å². The minimum absolute atomic E-state index is 0.125. The standard InChI is InChI=1S/C17H22N2O/c1-3-14-6-8-19(12-14)17(20)16-10-13(2)9-15(11-16)5-4-7-18/h9-11,14H,3,6-8,12,18H2,1-2H3. The van der Waals surface area contributed by atoms with Gasteiger partial charge < -0.3 is 10.6 Å². The van der Waals surface area contributed by atoms with Crippen LogP contribution in [0.5, 0.6) is 0 Å². The van der Waals surface area contributed by atoms with Crippen LogP contribution in [-0.2, 0) is 0 Å². The second kappa shape index (κ2) is 6.58. The van der Waals surface area contributed by atoms with Crippen molar-refractivity contribution in [3.05, 3.63) is 34.9 Å². The SMILES string of the molecule is CCC1CCN(C(=O)c2cc(C)cc(C#CCN)c2)C1. The summed E-state index contributed by atoms with van der Waals surface area (Å²) in [6.45, 7) is 6.26. The van der Waals surface area contributed by atoms with Crippen molar-refractivity contribution >= 4 is 5.91 Å². The molecule has 0 aliphatic carbocycles. The van der Waals surface area contributed by atoms with Gasteiger partial charge in [-0.25, -0.2) is 0 Å². The normalized spacial score (nSPS) is 17.8. The zero-order chi connectivity index (χ0) is 14.5. The number of nitrogens with two attached hydrogens (primary N) is 1. The molecule has 0 aromatic heterocycles. The molecule has 3 nitrogen and oxygen atoms in total. The van der Waals surface area contributed by atoms with Gasteiger partial charge in [-0.3, -0.25) is 4.79 Å². The first-order valence-corrected chi connectivity index (χ1v) is 7.24. The van der Waals surface area contributed by atoms with Crippen LogP contribution in [0.4, 0.5) is 0 Å². The zero-order valence-corrected chi connectivity index (χ0v) is 12.3. The molecule has 2 rings (SSSR count). The fraction of sp³-hybridized carbons (Fsp3) is 0.471. The van der Waals surface area contributed by atoms with E-state index in [4.69, 9.17) is 5.73 Å². The number of benzene rings is 1. The van der Waals surface area contributed by atoms with Crippen molar-refractivity contribution in [3.8, 4) is 11.8 Å². The molecule has 3 heteroatoms. The second-order valence-electron chi connectivity index (χ2n) is 5.41. The highest BCUT2D eigenvalue weighted by Crippen LogP contribution is 2.21. The number of carbonyl (C=O) groups excluding carboxylic acids is 1. The minimum Gasteiger partial charge on any atom is -0.338 e. The molecule has 1 heterocycles. The van der Waals surface area contributed by atoms with Crippen molar-refractivity contribution in [1.29, 1.82) is 0 Å². The topological polar surface area (TPSA) is 46.3 Å². The molecule has 1 aliphatic heterocycles. The predicted molar refractivity (Wildman–Crippen MR) is 81.4 cm³/mol. The Kier molecular flexibility index (Phi) is 4.81. The number of likely N-dealkylation sites (tertiary alicyclic amines) is 1. The number of amides is 1. The number of hydrogen-bond acceptors (Lipinski definition) is 2. The Morgan fingerprint density at radius 3 is 2.90 bits per heavy atom. The molecule has 1 fully saturated rings. The summed E-state index contributed by atoms with van der Waals surface area (Å²) in [6.07, 6.45) is 2.26. The number of carbonyl (C=O) groups is 1.